The molecular formula is C16H16F3N5O3. The molecule has 8 nitrogen and oxygen atoms in total. The zero-order valence-corrected chi connectivity index (χ0v) is 14.0. The summed E-state index contributed by atoms with van der Waals surface area (Å²) in [7, 11) is 0. The molecule has 0 spiro atoms. The van der Waals surface area contributed by atoms with Crippen molar-refractivity contribution in [2.75, 3.05) is 10.6 Å². The Labute approximate surface area is 151 Å². The van der Waals surface area contributed by atoms with E-state index in [1.807, 2.05) is 0 Å². The second kappa shape index (κ2) is 7.64. The molecule has 3 rings (SSSR count). The van der Waals surface area contributed by atoms with Gasteiger partial charge < -0.3 is 15.4 Å². The minimum absolute atomic E-state index is 0.0556. The number of nitrogens with one attached hydrogen (secondary N) is 2. The van der Waals surface area contributed by atoms with Crippen molar-refractivity contribution in [3.05, 3.63) is 40.7 Å². The SMILES string of the molecule is O=[N+]([O-])c1c(Nc2ccc(OC(F)(F)F)cc2)ncnc1NC1CCCC1. The molecule has 1 aliphatic rings. The van der Waals surface area contributed by atoms with Crippen molar-refractivity contribution in [2.24, 2.45) is 0 Å². The molecule has 2 aromatic rings. The molecule has 1 fully saturated rings. The molecule has 2 N–H and O–H groups in total. The zero-order chi connectivity index (χ0) is 19.4. The molecule has 0 bridgehead atoms. The lowest BCUT2D eigenvalue weighted by Gasteiger charge is -2.14. The largest absolute Gasteiger partial charge is 0.573 e. The summed E-state index contributed by atoms with van der Waals surface area (Å²) >= 11 is 0. The minimum atomic E-state index is -4.79. The Morgan fingerprint density at radius 3 is 2.33 bits per heavy atom. The Balaban J connectivity index is 1.80. The molecule has 11 heteroatoms. The fraction of sp³-hybridized carbons (Fsp3) is 0.375. The van der Waals surface area contributed by atoms with Gasteiger partial charge in [-0.05, 0) is 37.1 Å². The maximum Gasteiger partial charge on any atom is 0.573 e. The highest BCUT2D eigenvalue weighted by Gasteiger charge is 2.31. The number of aromatic nitrogens is 2. The van der Waals surface area contributed by atoms with Crippen molar-refractivity contribution < 1.29 is 22.8 Å². The molecule has 27 heavy (non-hydrogen) atoms. The molecular weight excluding hydrogens is 367 g/mol. The van der Waals surface area contributed by atoms with E-state index in [1.54, 1.807) is 0 Å². The third-order valence-corrected chi connectivity index (χ3v) is 4.05. The van der Waals surface area contributed by atoms with Crippen LogP contribution in [0.5, 0.6) is 5.75 Å². The van der Waals surface area contributed by atoms with E-state index in [-0.39, 0.29) is 23.4 Å². The smallest absolute Gasteiger partial charge is 0.406 e. The van der Waals surface area contributed by atoms with Crippen molar-refractivity contribution in [1.29, 1.82) is 0 Å². The number of anilines is 3. The van der Waals surface area contributed by atoms with Crippen molar-refractivity contribution in [3.8, 4) is 5.75 Å². The molecule has 1 aromatic carbocycles. The van der Waals surface area contributed by atoms with Gasteiger partial charge in [0.2, 0.25) is 11.6 Å². The van der Waals surface area contributed by atoms with E-state index in [1.165, 1.54) is 18.5 Å². The Hall–Kier alpha value is -3.11. The summed E-state index contributed by atoms with van der Waals surface area (Å²) in [6.45, 7) is 0. The lowest BCUT2D eigenvalue weighted by atomic mass is 10.2. The predicted molar refractivity (Wildman–Crippen MR) is 91.0 cm³/mol. The summed E-state index contributed by atoms with van der Waals surface area (Å²) in [6, 6.07) is 4.92. The van der Waals surface area contributed by atoms with Gasteiger partial charge in [-0.25, -0.2) is 9.97 Å². The van der Waals surface area contributed by atoms with Crippen molar-refractivity contribution >= 4 is 23.0 Å². The first-order chi connectivity index (χ1) is 12.8. The van der Waals surface area contributed by atoms with Gasteiger partial charge in [-0.2, -0.15) is 0 Å². The fourth-order valence-electron chi connectivity index (χ4n) is 2.89. The predicted octanol–water partition coefficient (Wildman–Crippen LogP) is 4.38. The van der Waals surface area contributed by atoms with Crippen molar-refractivity contribution in [1.82, 2.24) is 9.97 Å². The number of ether oxygens (including phenoxy) is 1. The number of nitro groups is 1. The second-order valence-electron chi connectivity index (χ2n) is 6.00. The summed E-state index contributed by atoms with van der Waals surface area (Å²) in [6.07, 6.45) is 0.312. The van der Waals surface area contributed by atoms with E-state index in [0.717, 1.165) is 37.8 Å². The molecule has 0 saturated heterocycles. The number of benzene rings is 1. The third-order valence-electron chi connectivity index (χ3n) is 4.05. The molecule has 0 atom stereocenters. The van der Waals surface area contributed by atoms with Gasteiger partial charge in [0.1, 0.15) is 12.1 Å². The number of nitrogens with zero attached hydrogens (tertiary/aromatic N) is 3. The summed E-state index contributed by atoms with van der Waals surface area (Å²) in [5.74, 6) is -0.338. The Kier molecular flexibility index (Phi) is 5.28. The average molecular weight is 383 g/mol. The van der Waals surface area contributed by atoms with E-state index in [4.69, 9.17) is 0 Å². The highest BCUT2D eigenvalue weighted by atomic mass is 19.4. The average Bonchev–Trinajstić information content (AvgIpc) is 3.08. The Morgan fingerprint density at radius 1 is 1.11 bits per heavy atom. The zero-order valence-electron chi connectivity index (χ0n) is 14.0. The van der Waals surface area contributed by atoms with Crippen LogP contribution in [0.3, 0.4) is 0 Å². The number of alkyl halides is 3. The summed E-state index contributed by atoms with van der Waals surface area (Å²) in [4.78, 5) is 18.8. The maximum absolute atomic E-state index is 12.2. The number of halogens is 3. The lowest BCUT2D eigenvalue weighted by molar-refractivity contribution is -0.383. The maximum atomic E-state index is 12.2. The fourth-order valence-corrected chi connectivity index (χ4v) is 2.89. The number of hydrogen-bond donors (Lipinski definition) is 2. The van der Waals surface area contributed by atoms with Gasteiger partial charge >= 0.3 is 12.0 Å². The van der Waals surface area contributed by atoms with Crippen LogP contribution in [0.15, 0.2) is 30.6 Å². The van der Waals surface area contributed by atoms with Crippen LogP contribution in [0.2, 0.25) is 0 Å². The standard InChI is InChI=1S/C16H16F3N5O3/c17-16(18,19)27-12-7-5-11(6-8-12)23-15-13(24(25)26)14(20-9-21-15)22-10-3-1-2-4-10/h5-10H,1-4H2,(H2,20,21,22,23). The van der Waals surface area contributed by atoms with Crippen molar-refractivity contribution in [2.45, 2.75) is 38.1 Å². The van der Waals surface area contributed by atoms with Gasteiger partial charge in [-0.1, -0.05) is 12.8 Å². The van der Waals surface area contributed by atoms with Crippen LogP contribution in [0, 0.1) is 10.1 Å². The highest BCUT2D eigenvalue weighted by Crippen LogP contribution is 2.34. The van der Waals surface area contributed by atoms with Crippen LogP contribution in [0.4, 0.5) is 36.2 Å². The van der Waals surface area contributed by atoms with Gasteiger partial charge in [0.15, 0.2) is 0 Å². The lowest BCUT2D eigenvalue weighted by Crippen LogP contribution is -2.17. The van der Waals surface area contributed by atoms with E-state index < -0.39 is 17.0 Å². The van der Waals surface area contributed by atoms with Gasteiger partial charge in [0.25, 0.3) is 0 Å². The summed E-state index contributed by atoms with van der Waals surface area (Å²) in [5.41, 5.74) is -0.00170. The number of rotatable bonds is 6. The third kappa shape index (κ3) is 4.96. The molecule has 1 saturated carbocycles. The van der Waals surface area contributed by atoms with Gasteiger partial charge in [-0.15, -0.1) is 13.2 Å². The number of hydrogen-bond acceptors (Lipinski definition) is 7. The van der Waals surface area contributed by atoms with Crippen LogP contribution in [0.25, 0.3) is 0 Å². The monoisotopic (exact) mass is 383 g/mol. The first-order valence-electron chi connectivity index (χ1n) is 8.20. The molecule has 1 heterocycles. The van der Waals surface area contributed by atoms with E-state index in [2.05, 4.69) is 25.3 Å². The van der Waals surface area contributed by atoms with E-state index in [9.17, 15) is 23.3 Å². The second-order valence-corrected chi connectivity index (χ2v) is 6.00. The molecule has 1 aliphatic carbocycles. The molecule has 0 radical (unpaired) electrons. The molecule has 0 amide bonds. The summed E-state index contributed by atoms with van der Waals surface area (Å²) in [5, 5.41) is 17.3. The van der Waals surface area contributed by atoms with Gasteiger partial charge in [0, 0.05) is 11.7 Å². The van der Waals surface area contributed by atoms with E-state index in [0.29, 0.717) is 5.69 Å². The van der Waals surface area contributed by atoms with Crippen LogP contribution in [-0.4, -0.2) is 27.3 Å². The Bertz CT molecular complexity index is 808. The Morgan fingerprint density at radius 2 is 1.74 bits per heavy atom. The first-order valence-corrected chi connectivity index (χ1v) is 8.20. The van der Waals surface area contributed by atoms with Gasteiger partial charge in [-0.3, -0.25) is 10.1 Å². The van der Waals surface area contributed by atoms with Crippen molar-refractivity contribution in [3.63, 3.8) is 0 Å². The minimum Gasteiger partial charge on any atom is -0.406 e. The van der Waals surface area contributed by atoms with Crippen LogP contribution in [-0.2, 0) is 0 Å². The topological polar surface area (TPSA) is 102 Å². The normalized spacial score (nSPS) is 14.8. The van der Waals surface area contributed by atoms with Crippen LogP contribution >= 0.6 is 0 Å². The first kappa shape index (κ1) is 18.7. The quantitative estimate of drug-likeness (QED) is 0.564. The molecule has 0 unspecified atom stereocenters. The van der Waals surface area contributed by atoms with Crippen LogP contribution in [0.1, 0.15) is 25.7 Å². The molecule has 144 valence electrons. The van der Waals surface area contributed by atoms with Gasteiger partial charge in [0.05, 0.1) is 4.92 Å². The molecule has 1 aromatic heterocycles. The highest BCUT2D eigenvalue weighted by molar-refractivity contribution is 5.74. The van der Waals surface area contributed by atoms with E-state index >= 15 is 0 Å². The summed E-state index contributed by atoms with van der Waals surface area (Å²) < 4.78 is 40.4. The van der Waals surface area contributed by atoms with Crippen LogP contribution < -0.4 is 15.4 Å². The molecule has 0 aliphatic heterocycles.